The largest absolute Gasteiger partial charge is 0.456 e. The van der Waals surface area contributed by atoms with Crippen molar-refractivity contribution < 1.29 is 13.4 Å². The molecule has 0 fully saturated rings. The van der Waals surface area contributed by atoms with Crippen molar-refractivity contribution in [2.24, 2.45) is 7.05 Å². The fourth-order valence-corrected chi connectivity index (χ4v) is 3.18. The summed E-state index contributed by atoms with van der Waals surface area (Å²) in [7, 11) is 2.03. The Hall–Kier alpha value is -2.68. The van der Waals surface area contributed by atoms with Crippen LogP contribution in [0.5, 0.6) is 0 Å². The lowest BCUT2D eigenvalue weighted by Gasteiger charge is -2.04. The van der Waals surface area contributed by atoms with E-state index < -0.39 is 0 Å². The van der Waals surface area contributed by atoms with Crippen LogP contribution in [0.25, 0.3) is 33.2 Å². The van der Waals surface area contributed by atoms with Crippen molar-refractivity contribution in [3.05, 3.63) is 65.6 Å². The van der Waals surface area contributed by atoms with E-state index in [2.05, 4.69) is 23.6 Å². The van der Waals surface area contributed by atoms with Crippen molar-refractivity contribution in [3.8, 4) is 11.3 Å². The Morgan fingerprint density at radius 1 is 1.00 bits per heavy atom. The molecule has 2 aromatic heterocycles. The molecule has 0 unspecified atom stereocenters. The highest BCUT2D eigenvalue weighted by Crippen LogP contribution is 2.35. The van der Waals surface area contributed by atoms with Gasteiger partial charge in [-0.25, -0.2) is 8.96 Å². The first-order valence-corrected chi connectivity index (χ1v) is 7.63. The third-order valence-electron chi connectivity index (χ3n) is 4.50. The van der Waals surface area contributed by atoms with Crippen LogP contribution in [0.2, 0.25) is 0 Å². The molecule has 114 valence electrons. The summed E-state index contributed by atoms with van der Waals surface area (Å²) in [5.74, 6) is -0.233. The zero-order chi connectivity index (χ0) is 16.1. The highest BCUT2D eigenvalue weighted by molar-refractivity contribution is 6.07. The summed E-state index contributed by atoms with van der Waals surface area (Å²) in [4.78, 5) is 0. The number of halogens is 1. The van der Waals surface area contributed by atoms with Gasteiger partial charge in [-0.1, -0.05) is 0 Å². The minimum Gasteiger partial charge on any atom is -0.456 e. The van der Waals surface area contributed by atoms with E-state index in [9.17, 15) is 4.39 Å². The summed E-state index contributed by atoms with van der Waals surface area (Å²) in [5.41, 5.74) is 5.42. The number of furan rings is 1. The van der Waals surface area contributed by atoms with E-state index in [1.54, 1.807) is 13.0 Å². The van der Waals surface area contributed by atoms with Crippen LogP contribution in [0.15, 0.2) is 53.1 Å². The minimum atomic E-state index is -0.233. The van der Waals surface area contributed by atoms with E-state index in [0.717, 1.165) is 33.2 Å². The molecule has 2 heterocycles. The van der Waals surface area contributed by atoms with Crippen LogP contribution in [0.4, 0.5) is 4.39 Å². The first-order chi connectivity index (χ1) is 11.1. The number of pyridine rings is 1. The van der Waals surface area contributed by atoms with E-state index >= 15 is 0 Å². The Morgan fingerprint density at radius 2 is 1.83 bits per heavy atom. The SMILES string of the molecule is Cc1cc2oc3c(C)c(F)ccc3c2cc1-c1cccc[n+]1C. The van der Waals surface area contributed by atoms with Crippen LogP contribution in [-0.2, 0) is 7.05 Å². The number of nitrogens with zero attached hydrogens (tertiary/aromatic N) is 1. The zero-order valence-corrected chi connectivity index (χ0v) is 13.4. The number of aryl methyl sites for hydroxylation is 3. The quantitative estimate of drug-likeness (QED) is 0.460. The lowest BCUT2D eigenvalue weighted by molar-refractivity contribution is -0.660. The molecule has 0 N–H and O–H groups in total. The molecular weight excluding hydrogens is 289 g/mol. The van der Waals surface area contributed by atoms with Gasteiger partial charge < -0.3 is 4.42 Å². The molecule has 4 rings (SSSR count). The van der Waals surface area contributed by atoms with Crippen LogP contribution in [0.3, 0.4) is 0 Å². The molecule has 0 saturated carbocycles. The summed E-state index contributed by atoms with van der Waals surface area (Å²) in [6, 6.07) is 13.6. The van der Waals surface area contributed by atoms with Gasteiger partial charge in [0.2, 0.25) is 5.69 Å². The third-order valence-corrected chi connectivity index (χ3v) is 4.50. The van der Waals surface area contributed by atoms with E-state index in [1.165, 1.54) is 6.07 Å². The van der Waals surface area contributed by atoms with Crippen molar-refractivity contribution in [2.45, 2.75) is 13.8 Å². The van der Waals surface area contributed by atoms with E-state index in [4.69, 9.17) is 4.42 Å². The Labute approximate surface area is 133 Å². The van der Waals surface area contributed by atoms with Crippen molar-refractivity contribution in [1.29, 1.82) is 0 Å². The normalized spacial score (nSPS) is 11.5. The molecule has 0 amide bonds. The highest BCUT2D eigenvalue weighted by Gasteiger charge is 2.17. The molecule has 0 radical (unpaired) electrons. The zero-order valence-electron chi connectivity index (χ0n) is 13.4. The summed E-state index contributed by atoms with van der Waals surface area (Å²) >= 11 is 0. The number of fused-ring (bicyclic) bond motifs is 3. The Balaban J connectivity index is 2.09. The Morgan fingerprint density at radius 3 is 2.61 bits per heavy atom. The standard InChI is InChI=1S/C20H17FNO/c1-12-10-19-16(11-15(12)18-6-4-5-9-22(18)3)14-7-8-17(21)13(2)20(14)23-19/h4-11H,1-3H3/q+1. The van der Waals surface area contributed by atoms with Crippen LogP contribution in [-0.4, -0.2) is 0 Å². The summed E-state index contributed by atoms with van der Waals surface area (Å²) in [6.45, 7) is 3.83. The average molecular weight is 306 g/mol. The summed E-state index contributed by atoms with van der Waals surface area (Å²) in [5, 5.41) is 1.98. The molecule has 3 heteroatoms. The lowest BCUT2D eigenvalue weighted by atomic mass is 10.0. The second kappa shape index (κ2) is 4.92. The predicted molar refractivity (Wildman–Crippen MR) is 89.8 cm³/mol. The summed E-state index contributed by atoms with van der Waals surface area (Å²) < 4.78 is 21.8. The topological polar surface area (TPSA) is 17.0 Å². The van der Waals surface area contributed by atoms with Crippen LogP contribution < -0.4 is 4.57 Å². The molecule has 0 aliphatic rings. The molecule has 0 aliphatic carbocycles. The van der Waals surface area contributed by atoms with Gasteiger partial charge in [-0.05, 0) is 49.7 Å². The van der Waals surface area contributed by atoms with Crippen LogP contribution in [0, 0.1) is 19.7 Å². The molecule has 2 nitrogen and oxygen atoms in total. The first-order valence-electron chi connectivity index (χ1n) is 7.63. The molecular formula is C20H17FNO+. The van der Waals surface area contributed by atoms with E-state index in [0.29, 0.717) is 11.1 Å². The fraction of sp³-hybridized carbons (Fsp3) is 0.150. The maximum absolute atomic E-state index is 13.8. The second-order valence-electron chi connectivity index (χ2n) is 6.01. The molecule has 0 saturated heterocycles. The van der Waals surface area contributed by atoms with Crippen molar-refractivity contribution >= 4 is 21.9 Å². The Bertz CT molecular complexity index is 1060. The molecule has 23 heavy (non-hydrogen) atoms. The smallest absolute Gasteiger partial charge is 0.212 e. The molecule has 4 aromatic rings. The predicted octanol–water partition coefficient (Wildman–Crippen LogP) is 4.83. The van der Waals surface area contributed by atoms with E-state index in [-0.39, 0.29) is 5.82 Å². The molecule has 0 aliphatic heterocycles. The maximum atomic E-state index is 13.8. The van der Waals surface area contributed by atoms with Gasteiger partial charge in [0.25, 0.3) is 0 Å². The van der Waals surface area contributed by atoms with Gasteiger partial charge in [0.1, 0.15) is 24.0 Å². The fourth-order valence-electron chi connectivity index (χ4n) is 3.18. The minimum absolute atomic E-state index is 0.233. The van der Waals surface area contributed by atoms with Crippen LogP contribution >= 0.6 is 0 Å². The second-order valence-corrected chi connectivity index (χ2v) is 6.01. The summed E-state index contributed by atoms with van der Waals surface area (Å²) in [6.07, 6.45) is 2.03. The van der Waals surface area contributed by atoms with Crippen LogP contribution in [0.1, 0.15) is 11.1 Å². The van der Waals surface area contributed by atoms with Crippen molar-refractivity contribution in [3.63, 3.8) is 0 Å². The Kier molecular flexibility index (Phi) is 2.98. The van der Waals surface area contributed by atoms with Crippen molar-refractivity contribution in [1.82, 2.24) is 0 Å². The van der Waals surface area contributed by atoms with Gasteiger partial charge in [0, 0.05) is 34.0 Å². The molecule has 0 spiro atoms. The van der Waals surface area contributed by atoms with Gasteiger partial charge in [-0.3, -0.25) is 0 Å². The number of hydrogen-bond acceptors (Lipinski definition) is 1. The highest BCUT2D eigenvalue weighted by atomic mass is 19.1. The van der Waals surface area contributed by atoms with Crippen molar-refractivity contribution in [2.75, 3.05) is 0 Å². The molecule has 2 aromatic carbocycles. The maximum Gasteiger partial charge on any atom is 0.212 e. The van der Waals surface area contributed by atoms with Gasteiger partial charge in [-0.2, -0.15) is 0 Å². The number of benzene rings is 2. The number of rotatable bonds is 1. The van der Waals surface area contributed by atoms with Gasteiger partial charge in [-0.15, -0.1) is 0 Å². The third kappa shape index (κ3) is 2.04. The molecule has 0 bridgehead atoms. The van der Waals surface area contributed by atoms with Gasteiger partial charge in [0.15, 0.2) is 6.20 Å². The average Bonchev–Trinajstić information content (AvgIpc) is 2.89. The van der Waals surface area contributed by atoms with E-state index in [1.807, 2.05) is 31.4 Å². The lowest BCUT2D eigenvalue weighted by Crippen LogP contribution is -2.30. The number of aromatic nitrogens is 1. The first kappa shape index (κ1) is 13.9. The van der Waals surface area contributed by atoms with Gasteiger partial charge in [0.05, 0.1) is 0 Å². The molecule has 0 atom stereocenters. The number of hydrogen-bond donors (Lipinski definition) is 0. The monoisotopic (exact) mass is 306 g/mol. The van der Waals surface area contributed by atoms with Gasteiger partial charge >= 0.3 is 0 Å².